The maximum absolute atomic E-state index is 13.9. The second-order valence-electron chi connectivity index (χ2n) is 8.16. The van der Waals surface area contributed by atoms with Crippen LogP contribution in [0.3, 0.4) is 0 Å². The Morgan fingerprint density at radius 2 is 1.51 bits per heavy atom. The first-order valence-corrected chi connectivity index (χ1v) is 12.7. The minimum Gasteiger partial charge on any atom is -0.320 e. The van der Waals surface area contributed by atoms with Gasteiger partial charge < -0.3 is 10.6 Å². The fourth-order valence-corrected chi connectivity index (χ4v) is 5.33. The number of hydrogen-bond donors (Lipinski definition) is 2. The van der Waals surface area contributed by atoms with E-state index >= 15 is 0 Å². The van der Waals surface area contributed by atoms with Crippen LogP contribution < -0.4 is 10.6 Å². The topological polar surface area (TPSA) is 108 Å². The molecule has 4 rings (SSSR count). The quantitative estimate of drug-likeness (QED) is 0.529. The van der Waals surface area contributed by atoms with Crippen molar-refractivity contribution < 1.29 is 22.4 Å². The number of carbonyl (C=O) groups is 2. The van der Waals surface area contributed by atoms with Crippen LogP contribution in [0.1, 0.15) is 46.5 Å². The number of benzene rings is 2. The van der Waals surface area contributed by atoms with Crippen LogP contribution in [-0.4, -0.2) is 42.6 Å². The molecular formula is C25H25FN4O4S. The van der Waals surface area contributed by atoms with E-state index < -0.39 is 27.7 Å². The summed E-state index contributed by atoms with van der Waals surface area (Å²) in [6, 6.07) is 14.0. The number of nitrogens with zero attached hydrogens (tertiary/aromatic N) is 2. The van der Waals surface area contributed by atoms with Crippen molar-refractivity contribution in [2.24, 2.45) is 0 Å². The molecule has 0 spiro atoms. The summed E-state index contributed by atoms with van der Waals surface area (Å²) in [6.07, 6.45) is 5.14. The minimum absolute atomic E-state index is 0.0561. The Morgan fingerprint density at radius 3 is 2.17 bits per heavy atom. The van der Waals surface area contributed by atoms with Crippen LogP contribution >= 0.6 is 0 Å². The molecule has 0 aliphatic carbocycles. The molecule has 10 heteroatoms. The van der Waals surface area contributed by atoms with Crippen LogP contribution in [0.2, 0.25) is 0 Å². The van der Waals surface area contributed by atoms with Crippen molar-refractivity contribution in [3.8, 4) is 0 Å². The highest BCUT2D eigenvalue weighted by Gasteiger charge is 2.25. The summed E-state index contributed by atoms with van der Waals surface area (Å²) in [4.78, 5) is 29.4. The van der Waals surface area contributed by atoms with Crippen molar-refractivity contribution in [1.29, 1.82) is 0 Å². The van der Waals surface area contributed by atoms with E-state index in [9.17, 15) is 22.4 Å². The third kappa shape index (κ3) is 5.90. The van der Waals surface area contributed by atoms with Crippen molar-refractivity contribution >= 4 is 33.2 Å². The lowest BCUT2D eigenvalue weighted by Crippen LogP contribution is -2.31. The number of carbonyl (C=O) groups excluding carboxylic acids is 2. The Balaban J connectivity index is 1.50. The second kappa shape index (κ2) is 10.7. The van der Waals surface area contributed by atoms with E-state index in [4.69, 9.17) is 0 Å². The van der Waals surface area contributed by atoms with E-state index in [0.29, 0.717) is 13.1 Å². The molecule has 1 saturated heterocycles. The third-order valence-corrected chi connectivity index (χ3v) is 7.61. The van der Waals surface area contributed by atoms with Gasteiger partial charge >= 0.3 is 0 Å². The van der Waals surface area contributed by atoms with Gasteiger partial charge in [0.25, 0.3) is 11.8 Å². The van der Waals surface area contributed by atoms with Gasteiger partial charge in [-0.05, 0) is 67.4 Å². The number of nitrogens with one attached hydrogen (secondary N) is 2. The Hall–Kier alpha value is -3.63. The molecular weight excluding hydrogens is 471 g/mol. The number of hydrogen-bond acceptors (Lipinski definition) is 5. The van der Waals surface area contributed by atoms with Crippen molar-refractivity contribution in [3.05, 3.63) is 83.9 Å². The fraction of sp³-hybridized carbons (Fsp3) is 0.240. The Labute approximate surface area is 203 Å². The average molecular weight is 497 g/mol. The minimum atomic E-state index is -3.64. The zero-order valence-electron chi connectivity index (χ0n) is 18.9. The van der Waals surface area contributed by atoms with Crippen molar-refractivity contribution in [2.45, 2.75) is 30.6 Å². The van der Waals surface area contributed by atoms with Gasteiger partial charge in [0.2, 0.25) is 10.0 Å². The Morgan fingerprint density at radius 1 is 0.829 bits per heavy atom. The molecule has 2 amide bonds. The lowest BCUT2D eigenvalue weighted by molar-refractivity contribution is 0.101. The molecule has 1 aliphatic rings. The standard InChI is InChI=1S/C25H25FN4O4S/c26-19-10-13-21(28-25(32)22-7-3-4-14-27-22)23(17-19)29-24(31)18-8-11-20(12-9-18)35(33,34)30-15-5-1-2-6-16-30/h3-4,7-14,17H,1-2,5-6,15-16H2,(H,28,32)(H,29,31). The molecule has 3 aromatic rings. The molecule has 0 atom stereocenters. The molecule has 1 aromatic heterocycles. The smallest absolute Gasteiger partial charge is 0.274 e. The van der Waals surface area contributed by atoms with Crippen LogP contribution in [0, 0.1) is 5.82 Å². The number of pyridine rings is 1. The number of anilines is 2. The van der Waals surface area contributed by atoms with E-state index in [2.05, 4.69) is 15.6 Å². The first-order valence-electron chi connectivity index (χ1n) is 11.3. The van der Waals surface area contributed by atoms with Crippen LogP contribution in [0.15, 0.2) is 71.8 Å². The highest BCUT2D eigenvalue weighted by molar-refractivity contribution is 7.89. The summed E-state index contributed by atoms with van der Waals surface area (Å²) in [5.74, 6) is -1.70. The Kier molecular flexibility index (Phi) is 7.52. The third-order valence-electron chi connectivity index (χ3n) is 5.69. The largest absolute Gasteiger partial charge is 0.320 e. The van der Waals surface area contributed by atoms with Gasteiger partial charge in [0.15, 0.2) is 0 Å². The van der Waals surface area contributed by atoms with Gasteiger partial charge in [0.1, 0.15) is 11.5 Å². The lowest BCUT2D eigenvalue weighted by atomic mass is 10.2. The molecule has 2 aromatic carbocycles. The Bertz CT molecular complexity index is 1310. The highest BCUT2D eigenvalue weighted by Crippen LogP contribution is 2.25. The fourth-order valence-electron chi connectivity index (χ4n) is 3.82. The molecule has 1 aliphatic heterocycles. The zero-order chi connectivity index (χ0) is 24.8. The molecule has 8 nitrogen and oxygen atoms in total. The van der Waals surface area contributed by atoms with Crippen molar-refractivity contribution in [2.75, 3.05) is 23.7 Å². The summed E-state index contributed by atoms with van der Waals surface area (Å²) < 4.78 is 41.3. The maximum atomic E-state index is 13.9. The first-order chi connectivity index (χ1) is 16.8. The summed E-state index contributed by atoms with van der Waals surface area (Å²) in [5.41, 5.74) is 0.595. The van der Waals surface area contributed by atoms with Gasteiger partial charge in [-0.3, -0.25) is 14.6 Å². The maximum Gasteiger partial charge on any atom is 0.274 e. The average Bonchev–Trinajstić information content (AvgIpc) is 3.16. The van der Waals surface area contributed by atoms with Crippen LogP contribution in [0.25, 0.3) is 0 Å². The molecule has 2 heterocycles. The molecule has 2 N–H and O–H groups in total. The molecule has 1 fully saturated rings. The molecule has 0 unspecified atom stereocenters. The monoisotopic (exact) mass is 496 g/mol. The van der Waals surface area contributed by atoms with Crippen LogP contribution in [0.5, 0.6) is 0 Å². The van der Waals surface area contributed by atoms with Gasteiger partial charge in [0, 0.05) is 24.8 Å². The SMILES string of the molecule is O=C(Nc1cc(F)ccc1NC(=O)c1ccccn1)c1ccc(S(=O)(=O)N2CCCCCC2)cc1. The summed E-state index contributed by atoms with van der Waals surface area (Å²) >= 11 is 0. The number of rotatable bonds is 6. The van der Waals surface area contributed by atoms with Gasteiger partial charge in [0.05, 0.1) is 16.3 Å². The molecule has 0 bridgehead atoms. The second-order valence-corrected chi connectivity index (χ2v) is 10.1. The van der Waals surface area contributed by atoms with Gasteiger partial charge in [-0.15, -0.1) is 0 Å². The molecule has 182 valence electrons. The van der Waals surface area contributed by atoms with Crippen LogP contribution in [-0.2, 0) is 10.0 Å². The van der Waals surface area contributed by atoms with E-state index in [1.54, 1.807) is 12.1 Å². The van der Waals surface area contributed by atoms with Gasteiger partial charge in [-0.25, -0.2) is 12.8 Å². The predicted octanol–water partition coefficient (Wildman–Crippen LogP) is 4.29. The van der Waals surface area contributed by atoms with E-state index in [1.807, 2.05) is 0 Å². The zero-order valence-corrected chi connectivity index (χ0v) is 19.7. The van der Waals surface area contributed by atoms with Gasteiger partial charge in [-0.1, -0.05) is 18.9 Å². The predicted molar refractivity (Wildman–Crippen MR) is 130 cm³/mol. The summed E-state index contributed by atoms with van der Waals surface area (Å²) in [5, 5.41) is 5.19. The van der Waals surface area contributed by atoms with Crippen molar-refractivity contribution in [1.82, 2.24) is 9.29 Å². The number of amides is 2. The van der Waals surface area contributed by atoms with E-state index in [1.165, 1.54) is 46.9 Å². The number of aromatic nitrogens is 1. The summed E-state index contributed by atoms with van der Waals surface area (Å²) in [7, 11) is -3.64. The molecule has 0 radical (unpaired) electrons. The normalized spacial score (nSPS) is 14.7. The highest BCUT2D eigenvalue weighted by atomic mass is 32.2. The number of halogens is 1. The van der Waals surface area contributed by atoms with E-state index in [0.717, 1.165) is 37.8 Å². The number of sulfonamides is 1. The van der Waals surface area contributed by atoms with Gasteiger partial charge in [-0.2, -0.15) is 4.31 Å². The first kappa shape index (κ1) is 24.5. The van der Waals surface area contributed by atoms with Crippen molar-refractivity contribution in [3.63, 3.8) is 0 Å². The summed E-state index contributed by atoms with van der Waals surface area (Å²) in [6.45, 7) is 0.967. The molecule has 0 saturated carbocycles. The molecule has 35 heavy (non-hydrogen) atoms. The van der Waals surface area contributed by atoms with Crippen LogP contribution in [0.4, 0.5) is 15.8 Å². The lowest BCUT2D eigenvalue weighted by Gasteiger charge is -2.20. The van der Waals surface area contributed by atoms with E-state index in [-0.39, 0.29) is 27.5 Å².